The molecule has 0 aromatic heterocycles. The first kappa shape index (κ1) is 42.4. The van der Waals surface area contributed by atoms with Crippen LogP contribution < -0.4 is 15.2 Å². The van der Waals surface area contributed by atoms with Gasteiger partial charge < -0.3 is 20.1 Å². The second-order valence-electron chi connectivity index (χ2n) is 17.5. The molecule has 7 heteroatoms. The van der Waals surface area contributed by atoms with Gasteiger partial charge in [0.25, 0.3) is 0 Å². The maximum Gasteiger partial charge on any atom is 0.232 e. The van der Waals surface area contributed by atoms with Gasteiger partial charge in [-0.05, 0) is 111 Å². The second kappa shape index (κ2) is 20.0. The van der Waals surface area contributed by atoms with E-state index < -0.39 is 5.41 Å². The summed E-state index contributed by atoms with van der Waals surface area (Å²) in [6.07, 6.45) is 9.45. The number of methoxy groups -OCH3 is 2. The summed E-state index contributed by atoms with van der Waals surface area (Å²) in [6, 6.07) is 36.4. The number of carbonyl (C=O) groups excluding carboxylic acids is 1. The smallest absolute Gasteiger partial charge is 0.232 e. The zero-order chi connectivity index (χ0) is 40.3. The van der Waals surface area contributed by atoms with Gasteiger partial charge in [0.15, 0.2) is 0 Å². The van der Waals surface area contributed by atoms with E-state index in [1.807, 2.05) is 54.6 Å². The molecule has 0 unspecified atom stereocenters. The van der Waals surface area contributed by atoms with Crippen molar-refractivity contribution < 1.29 is 14.3 Å². The average Bonchev–Trinajstić information content (AvgIpc) is 3.70. The van der Waals surface area contributed by atoms with E-state index >= 15 is 0 Å². The molecule has 4 aromatic carbocycles. The van der Waals surface area contributed by atoms with E-state index in [2.05, 4.69) is 84.0 Å². The lowest BCUT2D eigenvalue weighted by molar-refractivity contribution is -0.123. The Bertz CT molecular complexity index is 1750. The van der Waals surface area contributed by atoms with E-state index in [0.29, 0.717) is 6.04 Å². The summed E-state index contributed by atoms with van der Waals surface area (Å²) in [6.45, 7) is 15.0. The van der Waals surface area contributed by atoms with Gasteiger partial charge in [0, 0.05) is 25.7 Å². The fourth-order valence-electron chi connectivity index (χ4n) is 9.58. The minimum absolute atomic E-state index is 0.145. The quantitative estimate of drug-likeness (QED) is 0.0960. The summed E-state index contributed by atoms with van der Waals surface area (Å²) in [7, 11) is 3.49. The molecule has 4 aromatic rings. The van der Waals surface area contributed by atoms with Gasteiger partial charge in [0.05, 0.1) is 19.8 Å². The molecule has 306 valence electrons. The molecular weight excluding hydrogens is 705 g/mol. The maximum absolute atomic E-state index is 13.5. The summed E-state index contributed by atoms with van der Waals surface area (Å²) in [5, 5.41) is 0. The number of benzene rings is 4. The first-order valence-corrected chi connectivity index (χ1v) is 21.5. The van der Waals surface area contributed by atoms with E-state index in [1.54, 1.807) is 14.2 Å². The molecule has 0 radical (unpaired) electrons. The number of hydrogen-bond acceptors (Lipinski definition) is 6. The van der Waals surface area contributed by atoms with Crippen LogP contribution in [-0.2, 0) is 28.7 Å². The molecule has 57 heavy (non-hydrogen) atoms. The first-order chi connectivity index (χ1) is 27.6. The van der Waals surface area contributed by atoms with Crippen molar-refractivity contribution in [3.05, 3.63) is 131 Å². The van der Waals surface area contributed by atoms with Crippen molar-refractivity contribution in [3.8, 4) is 11.5 Å². The number of hydrogen-bond donors (Lipinski definition) is 1. The van der Waals surface area contributed by atoms with Crippen LogP contribution in [0.2, 0.25) is 0 Å². The number of amides is 1. The maximum atomic E-state index is 13.5. The van der Waals surface area contributed by atoms with Crippen LogP contribution in [0.5, 0.6) is 11.5 Å². The van der Waals surface area contributed by atoms with Gasteiger partial charge in [-0.1, -0.05) is 131 Å². The number of likely N-dealkylation sites (tertiary alicyclic amines) is 2. The lowest BCUT2D eigenvalue weighted by Gasteiger charge is -2.39. The van der Waals surface area contributed by atoms with Gasteiger partial charge in [0.2, 0.25) is 5.91 Å². The molecule has 0 aliphatic carbocycles. The van der Waals surface area contributed by atoms with Gasteiger partial charge in [0.1, 0.15) is 16.9 Å². The van der Waals surface area contributed by atoms with E-state index in [-0.39, 0.29) is 17.2 Å². The third kappa shape index (κ3) is 10.5. The Labute approximate surface area is 343 Å². The van der Waals surface area contributed by atoms with Crippen molar-refractivity contribution >= 4 is 5.91 Å². The fourth-order valence-corrected chi connectivity index (χ4v) is 9.58. The highest BCUT2D eigenvalue weighted by molar-refractivity contribution is 5.91. The normalized spacial score (nSPS) is 17.3. The molecule has 2 saturated heterocycles. The highest BCUT2D eigenvalue weighted by Crippen LogP contribution is 2.43. The van der Waals surface area contributed by atoms with Crippen molar-refractivity contribution in [2.45, 2.75) is 102 Å². The molecule has 1 amide bonds. The number of rotatable bonds is 19. The van der Waals surface area contributed by atoms with E-state index in [0.717, 1.165) is 87.0 Å². The zero-order valence-corrected chi connectivity index (χ0v) is 35.4. The Morgan fingerprint density at radius 1 is 0.684 bits per heavy atom. The SMILES string of the molecule is COc1cccc(OC)c1CN1CCC(N(CCCCCCCN2CC[C@@H](C(C(N)=O)(c3ccccc3)c3ccccc3)C2)Cc2ccc(C(C)(C)C)cc2)CC1. The number of nitrogens with zero attached hydrogens (tertiary/aromatic N) is 3. The fraction of sp³-hybridized carbons (Fsp3) is 0.500. The number of carbonyl (C=O) groups is 1. The van der Waals surface area contributed by atoms with Gasteiger partial charge in [-0.2, -0.15) is 0 Å². The Balaban J connectivity index is 1.00. The van der Waals surface area contributed by atoms with E-state index in [1.165, 1.54) is 56.1 Å². The minimum Gasteiger partial charge on any atom is -0.496 e. The number of ether oxygens (including phenoxy) is 2. The second-order valence-corrected chi connectivity index (χ2v) is 17.5. The van der Waals surface area contributed by atoms with E-state index in [9.17, 15) is 4.79 Å². The van der Waals surface area contributed by atoms with Crippen LogP contribution in [-0.4, -0.2) is 80.1 Å². The third-order valence-electron chi connectivity index (χ3n) is 12.8. The Morgan fingerprint density at radius 3 is 1.81 bits per heavy atom. The van der Waals surface area contributed by atoms with Gasteiger partial charge in [-0.25, -0.2) is 0 Å². The van der Waals surface area contributed by atoms with Crippen molar-refractivity contribution in [2.24, 2.45) is 11.7 Å². The molecule has 2 N–H and O–H groups in total. The monoisotopic (exact) mass is 773 g/mol. The van der Waals surface area contributed by atoms with Crippen molar-refractivity contribution in [2.75, 3.05) is 53.5 Å². The number of unbranched alkanes of at least 4 members (excludes halogenated alkanes) is 4. The molecular formula is C50H68N4O3. The summed E-state index contributed by atoms with van der Waals surface area (Å²) in [5.74, 6) is 1.70. The molecule has 0 bridgehead atoms. The number of piperidine rings is 1. The number of primary amides is 1. The van der Waals surface area contributed by atoms with Crippen LogP contribution in [0.15, 0.2) is 103 Å². The van der Waals surface area contributed by atoms with E-state index in [4.69, 9.17) is 15.2 Å². The topological polar surface area (TPSA) is 71.3 Å². The molecule has 0 saturated carbocycles. The van der Waals surface area contributed by atoms with Crippen LogP contribution in [0.3, 0.4) is 0 Å². The summed E-state index contributed by atoms with van der Waals surface area (Å²) < 4.78 is 11.4. The van der Waals surface area contributed by atoms with Gasteiger partial charge in [-0.3, -0.25) is 14.6 Å². The van der Waals surface area contributed by atoms with Crippen molar-refractivity contribution in [1.82, 2.24) is 14.7 Å². The molecule has 0 spiro atoms. The largest absolute Gasteiger partial charge is 0.496 e. The predicted octanol–water partition coefficient (Wildman–Crippen LogP) is 9.21. The number of nitrogens with two attached hydrogens (primary N) is 1. The summed E-state index contributed by atoms with van der Waals surface area (Å²) in [5.41, 5.74) is 11.6. The van der Waals surface area contributed by atoms with Gasteiger partial charge in [-0.15, -0.1) is 0 Å². The van der Waals surface area contributed by atoms with Crippen LogP contribution in [0.25, 0.3) is 0 Å². The van der Waals surface area contributed by atoms with Gasteiger partial charge >= 0.3 is 0 Å². The standard InChI is InChI=1S/C50H68N4O3/c1-49(2,3)40-26-24-39(25-27-40)36-54(44-29-34-53(35-30-44)38-45-46(56-4)22-17-23-47(45)57-5)32-16-8-6-7-15-31-52-33-28-43(37-52)50(48(51)55,41-18-11-9-12-19-41)42-20-13-10-14-21-42/h9-14,17-27,43-44H,6-8,15-16,28-38H2,1-5H3,(H2,51,55)/t43-/m1/s1. The summed E-state index contributed by atoms with van der Waals surface area (Å²) in [4.78, 5) is 21.4. The Kier molecular flexibility index (Phi) is 14.9. The highest BCUT2D eigenvalue weighted by atomic mass is 16.5. The summed E-state index contributed by atoms with van der Waals surface area (Å²) >= 11 is 0. The molecule has 1 atom stereocenters. The van der Waals surface area contributed by atoms with Crippen LogP contribution in [0.1, 0.15) is 100.0 Å². The first-order valence-electron chi connectivity index (χ1n) is 21.5. The van der Waals surface area contributed by atoms with Crippen molar-refractivity contribution in [3.63, 3.8) is 0 Å². The van der Waals surface area contributed by atoms with Crippen LogP contribution in [0.4, 0.5) is 0 Å². The van der Waals surface area contributed by atoms with Crippen LogP contribution in [0, 0.1) is 5.92 Å². The average molecular weight is 773 g/mol. The zero-order valence-electron chi connectivity index (χ0n) is 35.4. The Hall–Kier alpha value is -4.17. The molecule has 2 heterocycles. The molecule has 2 fully saturated rings. The highest BCUT2D eigenvalue weighted by Gasteiger charge is 2.49. The van der Waals surface area contributed by atoms with Crippen LogP contribution >= 0.6 is 0 Å². The van der Waals surface area contributed by atoms with Crippen molar-refractivity contribution in [1.29, 1.82) is 0 Å². The molecule has 2 aliphatic heterocycles. The minimum atomic E-state index is -0.822. The molecule has 6 rings (SSSR count). The molecule has 7 nitrogen and oxygen atoms in total. The third-order valence-corrected chi connectivity index (χ3v) is 12.8. The lowest BCUT2D eigenvalue weighted by atomic mass is 9.64. The lowest BCUT2D eigenvalue weighted by Crippen LogP contribution is -2.49. The molecule has 2 aliphatic rings. The Morgan fingerprint density at radius 2 is 1.25 bits per heavy atom. The predicted molar refractivity (Wildman–Crippen MR) is 234 cm³/mol.